The van der Waals surface area contributed by atoms with Gasteiger partial charge in [-0.2, -0.15) is 0 Å². The van der Waals surface area contributed by atoms with Crippen LogP contribution in [-0.2, 0) is 9.53 Å². The largest absolute Gasteiger partial charge is 0.466 e. The van der Waals surface area contributed by atoms with Crippen molar-refractivity contribution < 1.29 is 14.3 Å². The summed E-state index contributed by atoms with van der Waals surface area (Å²) in [4.78, 5) is 23.8. The molecule has 1 heterocycles. The molecule has 0 spiro atoms. The normalized spacial score (nSPS) is 13.7. The third kappa shape index (κ3) is 3.86. The van der Waals surface area contributed by atoms with E-state index in [-0.39, 0.29) is 5.78 Å². The Bertz CT molecular complexity index is 598. The van der Waals surface area contributed by atoms with E-state index in [0.29, 0.717) is 22.0 Å². The van der Waals surface area contributed by atoms with Crippen molar-refractivity contribution in [1.82, 2.24) is 10.6 Å². The van der Waals surface area contributed by atoms with E-state index in [4.69, 9.17) is 11.6 Å². The van der Waals surface area contributed by atoms with Crippen LogP contribution in [0.25, 0.3) is 0 Å². The van der Waals surface area contributed by atoms with E-state index in [2.05, 4.69) is 15.4 Å². The second kappa shape index (κ2) is 6.95. The van der Waals surface area contributed by atoms with Crippen molar-refractivity contribution in [3.8, 4) is 0 Å². The molecule has 2 rings (SSSR count). The minimum absolute atomic E-state index is 0.205. The molecule has 1 aromatic carbocycles. The van der Waals surface area contributed by atoms with Crippen molar-refractivity contribution in [2.45, 2.75) is 0 Å². The molecular weight excluding hydrogens is 292 g/mol. The van der Waals surface area contributed by atoms with Crippen LogP contribution in [0.1, 0.15) is 10.4 Å². The quantitative estimate of drug-likeness (QED) is 0.503. The number of allylic oxidation sites excluding steroid dienone is 2. The number of hydrogen-bond donors (Lipinski definition) is 2. The summed E-state index contributed by atoms with van der Waals surface area (Å²) in [5.74, 6) is -0.117. The predicted molar refractivity (Wildman–Crippen MR) is 80.0 cm³/mol. The Morgan fingerprint density at radius 3 is 2.33 bits per heavy atom. The molecule has 0 atom stereocenters. The summed E-state index contributed by atoms with van der Waals surface area (Å²) in [6.45, 7) is 1.44. The Hall–Kier alpha value is -2.27. The molecule has 2 N–H and O–H groups in total. The standard InChI is InChI=1S/C15H15ClN2O3/c1-21-13(19)7-6-12(15-17-8-9-18-15)14(20)10-2-4-11(16)5-3-10/h2-7,17-18H,8-9H2,1H3/b7-6+. The number of rotatable bonds is 4. The molecule has 0 aromatic heterocycles. The fourth-order valence-corrected chi connectivity index (χ4v) is 2.00. The number of halogens is 1. The summed E-state index contributed by atoms with van der Waals surface area (Å²) in [5.41, 5.74) is 0.868. The Labute approximate surface area is 127 Å². The van der Waals surface area contributed by atoms with Crippen LogP contribution in [0.15, 0.2) is 47.8 Å². The number of ether oxygens (including phenoxy) is 1. The number of esters is 1. The molecule has 1 aromatic rings. The number of Topliss-reactive ketones (excluding diaryl/α,β-unsaturated/α-hetero) is 1. The van der Waals surface area contributed by atoms with Crippen molar-refractivity contribution in [3.05, 3.63) is 58.4 Å². The highest BCUT2D eigenvalue weighted by atomic mass is 35.5. The molecule has 1 aliphatic rings. The zero-order chi connectivity index (χ0) is 15.2. The van der Waals surface area contributed by atoms with Crippen LogP contribution < -0.4 is 10.6 Å². The summed E-state index contributed by atoms with van der Waals surface area (Å²) in [7, 11) is 1.28. The van der Waals surface area contributed by atoms with E-state index >= 15 is 0 Å². The first-order chi connectivity index (χ1) is 10.1. The minimum atomic E-state index is -0.519. The zero-order valence-corrected chi connectivity index (χ0v) is 12.2. The molecule has 5 nitrogen and oxygen atoms in total. The summed E-state index contributed by atoms with van der Waals surface area (Å²) in [6, 6.07) is 6.59. The molecule has 0 aliphatic carbocycles. The summed E-state index contributed by atoms with van der Waals surface area (Å²) >= 11 is 5.82. The third-order valence-electron chi connectivity index (χ3n) is 2.94. The number of hydrogen-bond acceptors (Lipinski definition) is 5. The molecule has 1 fully saturated rings. The van der Waals surface area contributed by atoms with Gasteiger partial charge in [0.25, 0.3) is 0 Å². The van der Waals surface area contributed by atoms with Crippen LogP contribution >= 0.6 is 11.6 Å². The Balaban J connectivity index is 2.33. The first kappa shape index (κ1) is 15.1. The lowest BCUT2D eigenvalue weighted by molar-refractivity contribution is -0.134. The van der Waals surface area contributed by atoms with Crippen molar-refractivity contribution in [3.63, 3.8) is 0 Å². The molecule has 0 amide bonds. The van der Waals surface area contributed by atoms with Gasteiger partial charge in [0.15, 0.2) is 5.78 Å². The number of ketones is 1. The Morgan fingerprint density at radius 1 is 1.14 bits per heavy atom. The number of benzene rings is 1. The van der Waals surface area contributed by atoms with Gasteiger partial charge in [-0.05, 0) is 30.3 Å². The number of methoxy groups -OCH3 is 1. The van der Waals surface area contributed by atoms with Crippen LogP contribution in [0.2, 0.25) is 5.02 Å². The Morgan fingerprint density at radius 2 is 1.76 bits per heavy atom. The van der Waals surface area contributed by atoms with Crippen LogP contribution in [0.5, 0.6) is 0 Å². The van der Waals surface area contributed by atoms with E-state index in [1.807, 2.05) is 0 Å². The van der Waals surface area contributed by atoms with E-state index < -0.39 is 5.97 Å². The lowest BCUT2D eigenvalue weighted by atomic mass is 10.0. The summed E-state index contributed by atoms with van der Waals surface area (Å²) in [5, 5.41) is 6.72. The predicted octanol–water partition coefficient (Wildman–Crippen LogP) is 1.66. The van der Waals surface area contributed by atoms with E-state index in [9.17, 15) is 9.59 Å². The zero-order valence-electron chi connectivity index (χ0n) is 11.5. The van der Waals surface area contributed by atoms with Gasteiger partial charge in [0, 0.05) is 29.8 Å². The van der Waals surface area contributed by atoms with Crippen LogP contribution in [0.3, 0.4) is 0 Å². The van der Waals surface area contributed by atoms with Crippen molar-refractivity contribution in [2.24, 2.45) is 0 Å². The molecular formula is C15H15ClN2O3. The van der Waals surface area contributed by atoms with Gasteiger partial charge >= 0.3 is 5.97 Å². The average Bonchev–Trinajstić information content (AvgIpc) is 3.01. The molecule has 0 radical (unpaired) electrons. The number of carbonyl (C=O) groups excluding carboxylic acids is 2. The molecule has 0 bridgehead atoms. The molecule has 110 valence electrons. The van der Waals surface area contributed by atoms with Gasteiger partial charge in [-0.1, -0.05) is 11.6 Å². The van der Waals surface area contributed by atoms with Gasteiger partial charge in [0.05, 0.1) is 12.7 Å². The second-order valence-corrected chi connectivity index (χ2v) is 4.77. The highest BCUT2D eigenvalue weighted by Gasteiger charge is 2.18. The first-order valence-electron chi connectivity index (χ1n) is 6.40. The van der Waals surface area contributed by atoms with Crippen LogP contribution in [-0.4, -0.2) is 32.0 Å². The lowest BCUT2D eigenvalue weighted by Gasteiger charge is -2.08. The third-order valence-corrected chi connectivity index (χ3v) is 3.19. The first-order valence-corrected chi connectivity index (χ1v) is 6.78. The molecule has 0 saturated carbocycles. The maximum Gasteiger partial charge on any atom is 0.330 e. The Kier molecular flexibility index (Phi) is 5.00. The maximum absolute atomic E-state index is 12.6. The monoisotopic (exact) mass is 306 g/mol. The van der Waals surface area contributed by atoms with Crippen molar-refractivity contribution in [2.75, 3.05) is 20.2 Å². The van der Waals surface area contributed by atoms with Gasteiger partial charge in [0.2, 0.25) is 0 Å². The molecule has 1 saturated heterocycles. The molecule has 21 heavy (non-hydrogen) atoms. The number of carbonyl (C=O) groups is 2. The van der Waals surface area contributed by atoms with Gasteiger partial charge < -0.3 is 15.4 Å². The van der Waals surface area contributed by atoms with Gasteiger partial charge in [0.1, 0.15) is 5.82 Å². The smallest absolute Gasteiger partial charge is 0.330 e. The fraction of sp³-hybridized carbons (Fsp3) is 0.200. The number of nitrogens with one attached hydrogen (secondary N) is 2. The molecule has 0 unspecified atom stereocenters. The highest BCUT2D eigenvalue weighted by molar-refractivity contribution is 6.30. The maximum atomic E-state index is 12.6. The van der Waals surface area contributed by atoms with Gasteiger partial charge in [-0.25, -0.2) is 4.79 Å². The van der Waals surface area contributed by atoms with Crippen molar-refractivity contribution >= 4 is 23.4 Å². The summed E-state index contributed by atoms with van der Waals surface area (Å²) < 4.78 is 4.55. The fourth-order valence-electron chi connectivity index (χ4n) is 1.88. The van der Waals surface area contributed by atoms with E-state index in [1.54, 1.807) is 24.3 Å². The van der Waals surface area contributed by atoms with Crippen molar-refractivity contribution in [1.29, 1.82) is 0 Å². The summed E-state index contributed by atoms with van der Waals surface area (Å²) in [6.07, 6.45) is 2.67. The van der Waals surface area contributed by atoms with Gasteiger partial charge in [-0.3, -0.25) is 4.79 Å². The highest BCUT2D eigenvalue weighted by Crippen LogP contribution is 2.16. The van der Waals surface area contributed by atoms with Crippen LogP contribution in [0.4, 0.5) is 0 Å². The molecule has 6 heteroatoms. The molecule has 1 aliphatic heterocycles. The SMILES string of the molecule is COC(=O)/C=C/C(C(=O)c1ccc(Cl)cc1)=C1NCCN1. The van der Waals surface area contributed by atoms with E-state index in [1.165, 1.54) is 19.3 Å². The minimum Gasteiger partial charge on any atom is -0.466 e. The van der Waals surface area contributed by atoms with Gasteiger partial charge in [-0.15, -0.1) is 0 Å². The second-order valence-electron chi connectivity index (χ2n) is 4.33. The van der Waals surface area contributed by atoms with E-state index in [0.717, 1.165) is 13.1 Å². The topological polar surface area (TPSA) is 67.4 Å². The lowest BCUT2D eigenvalue weighted by Crippen LogP contribution is -2.18. The average molecular weight is 307 g/mol. The van der Waals surface area contributed by atoms with Crippen LogP contribution in [0, 0.1) is 0 Å².